The van der Waals surface area contributed by atoms with E-state index in [0.717, 1.165) is 26.8 Å². The zero-order chi connectivity index (χ0) is 20.6. The smallest absolute Gasteiger partial charge is 0.272 e. The molecule has 148 valence electrons. The van der Waals surface area contributed by atoms with Crippen LogP contribution in [-0.2, 0) is 14.8 Å². The molecular formula is C21H18N2O4S2. The SMILES string of the molecule is COc1ccc(N=C2S[C@@H](C)C(=O)N2S(=O)(=O)c2ccc3ccccc3c2)cc1. The summed E-state index contributed by atoms with van der Waals surface area (Å²) in [5.74, 6) is 0.161. The van der Waals surface area contributed by atoms with Crippen molar-refractivity contribution in [3.63, 3.8) is 0 Å². The zero-order valence-electron chi connectivity index (χ0n) is 15.8. The topological polar surface area (TPSA) is 76.0 Å². The first kappa shape index (κ1) is 19.5. The Morgan fingerprint density at radius 1 is 1.00 bits per heavy atom. The van der Waals surface area contributed by atoms with E-state index in [1.54, 1.807) is 50.4 Å². The van der Waals surface area contributed by atoms with Crippen LogP contribution in [0.5, 0.6) is 5.75 Å². The number of amidine groups is 1. The monoisotopic (exact) mass is 426 g/mol. The molecule has 6 nitrogen and oxygen atoms in total. The Hall–Kier alpha value is -2.84. The number of fused-ring (bicyclic) bond motifs is 1. The lowest BCUT2D eigenvalue weighted by molar-refractivity contribution is -0.122. The largest absolute Gasteiger partial charge is 0.497 e. The summed E-state index contributed by atoms with van der Waals surface area (Å²) in [5.41, 5.74) is 0.536. The molecule has 0 saturated carbocycles. The Morgan fingerprint density at radius 3 is 2.38 bits per heavy atom. The number of carbonyl (C=O) groups excluding carboxylic acids is 1. The highest BCUT2D eigenvalue weighted by Crippen LogP contribution is 2.34. The van der Waals surface area contributed by atoms with E-state index in [2.05, 4.69) is 4.99 Å². The van der Waals surface area contributed by atoms with Crippen LogP contribution in [0.2, 0.25) is 0 Å². The molecule has 1 aliphatic rings. The van der Waals surface area contributed by atoms with Crippen LogP contribution in [-0.4, -0.2) is 36.2 Å². The van der Waals surface area contributed by atoms with Crippen LogP contribution in [0.4, 0.5) is 5.69 Å². The van der Waals surface area contributed by atoms with Gasteiger partial charge >= 0.3 is 0 Å². The van der Waals surface area contributed by atoms with Gasteiger partial charge in [0.1, 0.15) is 5.75 Å². The molecule has 4 rings (SSSR count). The number of methoxy groups -OCH3 is 1. The molecule has 0 aromatic heterocycles. The first-order chi connectivity index (χ1) is 13.9. The summed E-state index contributed by atoms with van der Waals surface area (Å²) in [6.07, 6.45) is 0. The van der Waals surface area contributed by atoms with Crippen LogP contribution in [0.15, 0.2) is 76.6 Å². The minimum Gasteiger partial charge on any atom is -0.497 e. The number of rotatable bonds is 4. The molecule has 0 bridgehead atoms. The second-order valence-electron chi connectivity index (χ2n) is 6.47. The molecule has 1 amide bonds. The first-order valence-electron chi connectivity index (χ1n) is 8.87. The van der Waals surface area contributed by atoms with Gasteiger partial charge in [-0.2, -0.15) is 4.31 Å². The second kappa shape index (κ2) is 7.53. The van der Waals surface area contributed by atoms with E-state index in [1.165, 1.54) is 6.07 Å². The number of carbonyl (C=O) groups is 1. The van der Waals surface area contributed by atoms with E-state index >= 15 is 0 Å². The van der Waals surface area contributed by atoms with Crippen LogP contribution in [0.3, 0.4) is 0 Å². The zero-order valence-corrected chi connectivity index (χ0v) is 17.4. The maximum Gasteiger partial charge on any atom is 0.272 e. The standard InChI is InChI=1S/C21H18N2O4S2/c1-14-20(24)23(21(28-14)22-17-8-10-18(27-2)11-9-17)29(25,26)19-12-7-15-5-3-4-6-16(15)13-19/h3-14H,1-2H3/t14-/m0/s1. The summed E-state index contributed by atoms with van der Waals surface area (Å²) < 4.78 is 32.6. The van der Waals surface area contributed by atoms with E-state index in [4.69, 9.17) is 4.74 Å². The molecule has 0 N–H and O–H groups in total. The van der Waals surface area contributed by atoms with Gasteiger partial charge in [-0.15, -0.1) is 0 Å². The van der Waals surface area contributed by atoms with Gasteiger partial charge in [-0.3, -0.25) is 4.79 Å². The van der Waals surface area contributed by atoms with Crippen molar-refractivity contribution in [2.24, 2.45) is 4.99 Å². The van der Waals surface area contributed by atoms with Crippen LogP contribution in [0.25, 0.3) is 10.8 Å². The van der Waals surface area contributed by atoms with Crippen molar-refractivity contribution in [2.75, 3.05) is 7.11 Å². The molecule has 1 heterocycles. The summed E-state index contributed by atoms with van der Waals surface area (Å²) in [5, 5.41) is 1.31. The molecule has 1 fully saturated rings. The van der Waals surface area contributed by atoms with Crippen molar-refractivity contribution in [2.45, 2.75) is 17.1 Å². The molecule has 0 radical (unpaired) electrons. The van der Waals surface area contributed by atoms with Gasteiger partial charge in [0.2, 0.25) is 0 Å². The normalized spacial score (nSPS) is 18.6. The number of thioether (sulfide) groups is 1. The quantitative estimate of drug-likeness (QED) is 0.625. The molecule has 1 saturated heterocycles. The molecule has 3 aromatic carbocycles. The third-order valence-corrected chi connectivity index (χ3v) is 7.40. The van der Waals surface area contributed by atoms with Crippen molar-refractivity contribution in [1.82, 2.24) is 4.31 Å². The van der Waals surface area contributed by atoms with E-state index in [9.17, 15) is 13.2 Å². The molecule has 0 spiro atoms. The summed E-state index contributed by atoms with van der Waals surface area (Å²) in [6, 6.07) is 19.2. The number of amides is 1. The summed E-state index contributed by atoms with van der Waals surface area (Å²) >= 11 is 1.13. The van der Waals surface area contributed by atoms with Crippen LogP contribution in [0.1, 0.15) is 6.92 Å². The van der Waals surface area contributed by atoms with Gasteiger partial charge in [0.15, 0.2) is 5.17 Å². The molecule has 1 aliphatic heterocycles. The second-order valence-corrected chi connectivity index (χ2v) is 9.56. The minimum absolute atomic E-state index is 0.0571. The summed E-state index contributed by atoms with van der Waals surface area (Å²) in [4.78, 5) is 17.2. The minimum atomic E-state index is -4.09. The predicted octanol–water partition coefficient (Wildman–Crippen LogP) is 4.19. The van der Waals surface area contributed by atoms with Gasteiger partial charge in [-0.1, -0.05) is 42.1 Å². The number of nitrogens with zero attached hydrogens (tertiary/aromatic N) is 2. The van der Waals surface area contributed by atoms with Crippen LogP contribution < -0.4 is 4.74 Å². The van der Waals surface area contributed by atoms with Gasteiger partial charge in [-0.25, -0.2) is 13.4 Å². The van der Waals surface area contributed by atoms with E-state index in [-0.39, 0.29) is 10.1 Å². The van der Waals surface area contributed by atoms with Gasteiger partial charge in [-0.05, 0) is 54.1 Å². The lowest BCUT2D eigenvalue weighted by atomic mass is 10.1. The number of hydrogen-bond acceptors (Lipinski definition) is 6. The van der Waals surface area contributed by atoms with Gasteiger partial charge in [0.25, 0.3) is 15.9 Å². The maximum atomic E-state index is 13.3. The molecule has 0 aliphatic carbocycles. The van der Waals surface area contributed by atoms with Crippen molar-refractivity contribution in [1.29, 1.82) is 0 Å². The van der Waals surface area contributed by atoms with Gasteiger partial charge in [0, 0.05) is 0 Å². The van der Waals surface area contributed by atoms with Crippen molar-refractivity contribution in [3.8, 4) is 5.75 Å². The van der Waals surface area contributed by atoms with Crippen LogP contribution in [0, 0.1) is 0 Å². The lowest BCUT2D eigenvalue weighted by Crippen LogP contribution is -2.37. The third-order valence-electron chi connectivity index (χ3n) is 4.56. The van der Waals surface area contributed by atoms with E-state index in [1.807, 2.05) is 24.3 Å². The highest BCUT2D eigenvalue weighted by molar-refractivity contribution is 8.17. The average molecular weight is 427 g/mol. The van der Waals surface area contributed by atoms with E-state index < -0.39 is 21.2 Å². The highest BCUT2D eigenvalue weighted by Gasteiger charge is 2.43. The van der Waals surface area contributed by atoms with Crippen molar-refractivity contribution < 1.29 is 17.9 Å². The number of aliphatic imine (C=N–C) groups is 1. The number of hydrogen-bond donors (Lipinski definition) is 0. The molecule has 8 heteroatoms. The Morgan fingerprint density at radius 2 is 1.69 bits per heavy atom. The Labute approximate surface area is 173 Å². The molecule has 0 unspecified atom stereocenters. The average Bonchev–Trinajstić information content (AvgIpc) is 3.02. The fourth-order valence-electron chi connectivity index (χ4n) is 3.01. The van der Waals surface area contributed by atoms with Gasteiger partial charge in [0.05, 0.1) is 22.9 Å². The molecule has 1 atom stereocenters. The summed E-state index contributed by atoms with van der Waals surface area (Å²) in [6.45, 7) is 1.67. The fourth-order valence-corrected chi connectivity index (χ4v) is 5.73. The Bertz CT molecular complexity index is 1220. The predicted molar refractivity (Wildman–Crippen MR) is 115 cm³/mol. The highest BCUT2D eigenvalue weighted by atomic mass is 32.2. The molecule has 3 aromatic rings. The maximum absolute atomic E-state index is 13.3. The number of sulfonamides is 1. The number of ether oxygens (including phenoxy) is 1. The molecule has 29 heavy (non-hydrogen) atoms. The van der Waals surface area contributed by atoms with Crippen molar-refractivity contribution >= 4 is 49.3 Å². The Balaban J connectivity index is 1.77. The van der Waals surface area contributed by atoms with Crippen LogP contribution >= 0.6 is 11.8 Å². The number of benzene rings is 3. The third kappa shape index (κ3) is 3.61. The van der Waals surface area contributed by atoms with Crippen molar-refractivity contribution in [3.05, 3.63) is 66.7 Å². The lowest BCUT2D eigenvalue weighted by Gasteiger charge is -2.17. The Kier molecular flexibility index (Phi) is 5.06. The van der Waals surface area contributed by atoms with Gasteiger partial charge < -0.3 is 4.74 Å². The first-order valence-corrected chi connectivity index (χ1v) is 11.2. The summed E-state index contributed by atoms with van der Waals surface area (Å²) in [7, 11) is -2.53. The molecular weight excluding hydrogens is 408 g/mol. The fraction of sp³-hybridized carbons (Fsp3) is 0.143. The van der Waals surface area contributed by atoms with E-state index in [0.29, 0.717) is 11.4 Å².